The summed E-state index contributed by atoms with van der Waals surface area (Å²) >= 11 is 0. The maximum Gasteiger partial charge on any atom is 0.234 e. The monoisotopic (exact) mass is 323 g/mol. The first-order valence-electron chi connectivity index (χ1n) is 8.08. The number of piperazine rings is 1. The molecule has 0 spiro atoms. The summed E-state index contributed by atoms with van der Waals surface area (Å²) in [5, 5.41) is 12.2. The number of nitrogens with zero attached hydrogens (tertiary/aromatic N) is 2. The standard InChI is InChI=1S/C17H26FN3O2/c1-13-3-4-15(9-16(13)18)10-19-17(23)12-21-7-5-20(6-8-21)11-14(2)22/h3-4,9,14,22H,5-8,10-12H2,1-2H3,(H,19,23)/t14-/m1/s1. The van der Waals surface area contributed by atoms with Gasteiger partial charge in [0.05, 0.1) is 12.6 Å². The number of β-amino-alcohol motifs (C(OH)–C–C–N with tert-alkyl or cyclic N) is 1. The predicted molar refractivity (Wildman–Crippen MR) is 87.5 cm³/mol. The molecule has 1 aliphatic heterocycles. The molecule has 1 fully saturated rings. The van der Waals surface area contributed by atoms with Crippen LogP contribution in [-0.4, -0.2) is 66.2 Å². The van der Waals surface area contributed by atoms with Crippen molar-refractivity contribution in [3.05, 3.63) is 35.1 Å². The second-order valence-corrected chi connectivity index (χ2v) is 6.29. The van der Waals surface area contributed by atoms with Crippen molar-refractivity contribution in [3.8, 4) is 0 Å². The van der Waals surface area contributed by atoms with Crippen LogP contribution in [0.25, 0.3) is 0 Å². The summed E-state index contributed by atoms with van der Waals surface area (Å²) in [5.74, 6) is -0.291. The molecule has 23 heavy (non-hydrogen) atoms. The number of aliphatic hydroxyl groups is 1. The van der Waals surface area contributed by atoms with Crippen LogP contribution in [0.4, 0.5) is 4.39 Å². The Morgan fingerprint density at radius 3 is 2.57 bits per heavy atom. The second kappa shape index (κ2) is 8.38. The predicted octanol–water partition coefficient (Wildman–Crippen LogP) is 0.749. The summed E-state index contributed by atoms with van der Waals surface area (Å²) in [6.45, 7) is 8.25. The van der Waals surface area contributed by atoms with Crippen LogP contribution in [-0.2, 0) is 11.3 Å². The van der Waals surface area contributed by atoms with Crippen LogP contribution in [0.5, 0.6) is 0 Å². The molecule has 2 rings (SSSR count). The van der Waals surface area contributed by atoms with Crippen LogP contribution in [0, 0.1) is 12.7 Å². The molecule has 1 atom stereocenters. The number of carbonyl (C=O) groups excluding carboxylic acids is 1. The fourth-order valence-electron chi connectivity index (χ4n) is 2.71. The number of benzene rings is 1. The summed E-state index contributed by atoms with van der Waals surface area (Å²) in [4.78, 5) is 16.3. The van der Waals surface area contributed by atoms with Gasteiger partial charge >= 0.3 is 0 Å². The van der Waals surface area contributed by atoms with Crippen molar-refractivity contribution in [3.63, 3.8) is 0 Å². The Kier molecular flexibility index (Phi) is 6.50. The molecule has 6 heteroatoms. The van der Waals surface area contributed by atoms with Crippen LogP contribution >= 0.6 is 0 Å². The summed E-state index contributed by atoms with van der Waals surface area (Å²) in [6, 6.07) is 5.01. The molecule has 0 saturated carbocycles. The van der Waals surface area contributed by atoms with E-state index in [1.54, 1.807) is 19.9 Å². The van der Waals surface area contributed by atoms with Crippen LogP contribution < -0.4 is 5.32 Å². The van der Waals surface area contributed by atoms with Crippen LogP contribution in [0.15, 0.2) is 18.2 Å². The third-order valence-corrected chi connectivity index (χ3v) is 4.08. The van der Waals surface area contributed by atoms with Crippen molar-refractivity contribution < 1.29 is 14.3 Å². The van der Waals surface area contributed by atoms with E-state index < -0.39 is 0 Å². The van der Waals surface area contributed by atoms with Gasteiger partial charge in [0.2, 0.25) is 5.91 Å². The van der Waals surface area contributed by atoms with E-state index in [9.17, 15) is 14.3 Å². The van der Waals surface area contributed by atoms with Gasteiger partial charge in [0.15, 0.2) is 0 Å². The van der Waals surface area contributed by atoms with Gasteiger partial charge in [-0.3, -0.25) is 14.6 Å². The highest BCUT2D eigenvalue weighted by Crippen LogP contribution is 2.09. The van der Waals surface area contributed by atoms with E-state index >= 15 is 0 Å². The molecular formula is C17H26FN3O2. The number of carbonyl (C=O) groups is 1. The van der Waals surface area contributed by atoms with E-state index in [2.05, 4.69) is 15.1 Å². The summed E-state index contributed by atoms with van der Waals surface area (Å²) in [7, 11) is 0. The summed E-state index contributed by atoms with van der Waals surface area (Å²) < 4.78 is 13.5. The van der Waals surface area contributed by atoms with Crippen molar-refractivity contribution in [2.75, 3.05) is 39.3 Å². The van der Waals surface area contributed by atoms with Gasteiger partial charge in [-0.05, 0) is 31.0 Å². The lowest BCUT2D eigenvalue weighted by atomic mass is 10.1. The van der Waals surface area contributed by atoms with E-state index in [1.165, 1.54) is 6.07 Å². The van der Waals surface area contributed by atoms with Crippen LogP contribution in [0.1, 0.15) is 18.1 Å². The molecule has 1 heterocycles. The molecule has 0 radical (unpaired) electrons. The maximum atomic E-state index is 13.5. The number of halogens is 1. The first-order valence-corrected chi connectivity index (χ1v) is 8.08. The number of amides is 1. The normalized spacial score (nSPS) is 17.9. The Balaban J connectivity index is 1.70. The van der Waals surface area contributed by atoms with Crippen molar-refractivity contribution in [1.82, 2.24) is 15.1 Å². The van der Waals surface area contributed by atoms with Gasteiger partial charge in [-0.2, -0.15) is 0 Å². The minimum Gasteiger partial charge on any atom is -0.392 e. The van der Waals surface area contributed by atoms with Gasteiger partial charge < -0.3 is 10.4 Å². The highest BCUT2D eigenvalue weighted by molar-refractivity contribution is 5.78. The quantitative estimate of drug-likeness (QED) is 0.811. The first-order chi connectivity index (χ1) is 10.9. The molecule has 1 aliphatic rings. The molecule has 1 aromatic rings. The molecule has 2 N–H and O–H groups in total. The summed E-state index contributed by atoms with van der Waals surface area (Å²) in [5.41, 5.74) is 1.37. The van der Waals surface area contributed by atoms with Crippen molar-refractivity contribution in [1.29, 1.82) is 0 Å². The SMILES string of the molecule is Cc1ccc(CNC(=O)CN2CCN(C[C@@H](C)O)CC2)cc1F. The van der Waals surface area contributed by atoms with Crippen LogP contribution in [0.3, 0.4) is 0 Å². The lowest BCUT2D eigenvalue weighted by molar-refractivity contribution is -0.122. The Morgan fingerprint density at radius 1 is 1.30 bits per heavy atom. The van der Waals surface area contributed by atoms with Gasteiger partial charge in [0.1, 0.15) is 5.82 Å². The Hall–Kier alpha value is -1.50. The number of hydrogen-bond acceptors (Lipinski definition) is 4. The van der Waals surface area contributed by atoms with E-state index in [-0.39, 0.29) is 17.8 Å². The van der Waals surface area contributed by atoms with E-state index in [4.69, 9.17) is 0 Å². The van der Waals surface area contributed by atoms with Crippen molar-refractivity contribution in [2.24, 2.45) is 0 Å². The molecule has 0 bridgehead atoms. The molecule has 5 nitrogen and oxygen atoms in total. The van der Waals surface area contributed by atoms with Crippen LogP contribution in [0.2, 0.25) is 0 Å². The minimum atomic E-state index is -0.320. The number of hydrogen-bond donors (Lipinski definition) is 2. The maximum absolute atomic E-state index is 13.5. The molecule has 1 saturated heterocycles. The largest absolute Gasteiger partial charge is 0.392 e. The second-order valence-electron chi connectivity index (χ2n) is 6.29. The van der Waals surface area contributed by atoms with Crippen molar-refractivity contribution in [2.45, 2.75) is 26.5 Å². The molecule has 0 aliphatic carbocycles. The van der Waals surface area contributed by atoms with Crippen molar-refractivity contribution >= 4 is 5.91 Å². The minimum absolute atomic E-state index is 0.0463. The van der Waals surface area contributed by atoms with E-state index in [0.29, 0.717) is 25.2 Å². The van der Waals surface area contributed by atoms with Gasteiger partial charge in [-0.1, -0.05) is 12.1 Å². The lowest BCUT2D eigenvalue weighted by Gasteiger charge is -2.34. The average molecular weight is 323 g/mol. The van der Waals surface area contributed by atoms with E-state index in [0.717, 1.165) is 31.7 Å². The van der Waals surface area contributed by atoms with Gasteiger partial charge in [-0.25, -0.2) is 4.39 Å². The fraction of sp³-hybridized carbons (Fsp3) is 0.588. The zero-order valence-corrected chi connectivity index (χ0v) is 13.9. The zero-order chi connectivity index (χ0) is 16.8. The topological polar surface area (TPSA) is 55.8 Å². The number of aryl methyl sites for hydroxylation is 1. The third kappa shape index (κ3) is 5.89. The number of nitrogens with one attached hydrogen (secondary N) is 1. The molecular weight excluding hydrogens is 297 g/mol. The molecule has 1 aromatic carbocycles. The fourth-order valence-corrected chi connectivity index (χ4v) is 2.71. The Labute approximate surface area is 137 Å². The highest BCUT2D eigenvalue weighted by atomic mass is 19.1. The van der Waals surface area contributed by atoms with Gasteiger partial charge in [-0.15, -0.1) is 0 Å². The van der Waals surface area contributed by atoms with E-state index in [1.807, 2.05) is 6.07 Å². The molecule has 0 aromatic heterocycles. The summed E-state index contributed by atoms with van der Waals surface area (Å²) in [6.07, 6.45) is -0.320. The Bertz CT molecular complexity index is 529. The lowest BCUT2D eigenvalue weighted by Crippen LogP contribution is -2.50. The molecule has 0 unspecified atom stereocenters. The van der Waals surface area contributed by atoms with Gasteiger partial charge in [0.25, 0.3) is 0 Å². The highest BCUT2D eigenvalue weighted by Gasteiger charge is 2.19. The smallest absolute Gasteiger partial charge is 0.234 e. The van der Waals surface area contributed by atoms with Gasteiger partial charge in [0, 0.05) is 39.3 Å². The number of rotatable bonds is 6. The molecule has 1 amide bonds. The Morgan fingerprint density at radius 2 is 1.96 bits per heavy atom. The first kappa shape index (κ1) is 17.8. The third-order valence-electron chi connectivity index (χ3n) is 4.08. The average Bonchev–Trinajstić information content (AvgIpc) is 2.50. The zero-order valence-electron chi connectivity index (χ0n) is 13.9. The number of aliphatic hydroxyl groups excluding tert-OH is 1. The molecule has 128 valence electrons.